The normalized spacial score (nSPS) is 29.8. The Morgan fingerprint density at radius 3 is 2.49 bits per heavy atom. The number of methoxy groups -OCH3 is 2. The van der Waals surface area contributed by atoms with Crippen LogP contribution in [0.3, 0.4) is 0 Å². The van der Waals surface area contributed by atoms with Crippen LogP contribution in [0.2, 0.25) is 0 Å². The minimum absolute atomic E-state index is 0.0332. The number of anilines is 1. The Bertz CT molecular complexity index is 1460. The monoisotopic (exact) mass is 617 g/mol. The molecule has 2 aromatic carbocycles. The van der Waals surface area contributed by atoms with E-state index in [1.807, 2.05) is 37.3 Å². The first-order chi connectivity index (χ1) is 21.8. The lowest BCUT2D eigenvalue weighted by molar-refractivity contribution is -0.141. The number of carbonyl (C=O) groups is 3. The van der Waals surface area contributed by atoms with Crippen LogP contribution in [-0.4, -0.2) is 73.8 Å². The highest BCUT2D eigenvalue weighted by Gasteiger charge is 2.72. The van der Waals surface area contributed by atoms with Gasteiger partial charge in [0.25, 0.3) is 0 Å². The Kier molecular flexibility index (Phi) is 8.77. The van der Waals surface area contributed by atoms with E-state index < -0.39 is 29.6 Å². The lowest BCUT2D eigenvalue weighted by Crippen LogP contribution is -2.57. The van der Waals surface area contributed by atoms with Gasteiger partial charge in [0.1, 0.15) is 17.4 Å². The number of nitrogens with one attached hydrogen (secondary N) is 2. The largest absolute Gasteiger partial charge is 0.494 e. The van der Waals surface area contributed by atoms with E-state index in [4.69, 9.17) is 18.9 Å². The molecule has 0 radical (unpaired) electrons. The van der Waals surface area contributed by atoms with Gasteiger partial charge in [-0.1, -0.05) is 38.0 Å². The molecule has 240 valence electrons. The third-order valence-corrected chi connectivity index (χ3v) is 9.89. The fraction of sp³-hybridized carbons (Fsp3) is 0.514. The molecule has 0 unspecified atom stereocenters. The molecule has 2 saturated heterocycles. The van der Waals surface area contributed by atoms with Gasteiger partial charge in [-0.3, -0.25) is 14.4 Å². The van der Waals surface area contributed by atoms with E-state index in [9.17, 15) is 14.4 Å². The molecule has 1 spiro atoms. The quantitative estimate of drug-likeness (QED) is 0.365. The first-order valence-corrected chi connectivity index (χ1v) is 16.0. The smallest absolute Gasteiger partial charge is 0.246 e. The van der Waals surface area contributed by atoms with E-state index in [1.54, 1.807) is 43.4 Å². The van der Waals surface area contributed by atoms with Crippen molar-refractivity contribution in [3.8, 4) is 17.2 Å². The summed E-state index contributed by atoms with van der Waals surface area (Å²) in [5.41, 5.74) is 0.309. The number of carbonyl (C=O) groups excluding carboxylic acids is 3. The van der Waals surface area contributed by atoms with Crippen LogP contribution < -0.4 is 24.8 Å². The van der Waals surface area contributed by atoms with Crippen LogP contribution in [0.1, 0.15) is 45.1 Å². The van der Waals surface area contributed by atoms with E-state index in [1.165, 1.54) is 0 Å². The zero-order valence-electron chi connectivity index (χ0n) is 26.4. The summed E-state index contributed by atoms with van der Waals surface area (Å²) in [7, 11) is 3.16. The molecule has 0 aromatic heterocycles. The Hall–Kier alpha value is -4.05. The second-order valence-corrected chi connectivity index (χ2v) is 12.5. The molecule has 3 amide bonds. The highest BCUT2D eigenvalue weighted by molar-refractivity contribution is 6.02. The Morgan fingerprint density at radius 1 is 1.02 bits per heavy atom. The maximum absolute atomic E-state index is 14.4. The van der Waals surface area contributed by atoms with Crippen molar-refractivity contribution in [2.75, 3.05) is 32.7 Å². The van der Waals surface area contributed by atoms with Gasteiger partial charge in [0.15, 0.2) is 11.5 Å². The molecule has 7 atom stereocenters. The number of likely N-dealkylation sites (tertiary alicyclic amines) is 1. The summed E-state index contributed by atoms with van der Waals surface area (Å²) >= 11 is 0. The van der Waals surface area contributed by atoms with E-state index in [0.717, 1.165) is 31.2 Å². The molecule has 2 bridgehead atoms. The molecule has 2 N–H and O–H groups in total. The Balaban J connectivity index is 1.27. The van der Waals surface area contributed by atoms with Crippen LogP contribution in [-0.2, 0) is 25.5 Å². The predicted octanol–water partition coefficient (Wildman–Crippen LogP) is 4.13. The highest BCUT2D eigenvalue weighted by Crippen LogP contribution is 2.55. The zero-order valence-corrected chi connectivity index (χ0v) is 26.4. The lowest BCUT2D eigenvalue weighted by Gasteiger charge is -2.36. The summed E-state index contributed by atoms with van der Waals surface area (Å²) in [5, 5.41) is 6.26. The fourth-order valence-corrected chi connectivity index (χ4v) is 7.61. The molecule has 3 heterocycles. The number of fused-ring (bicyclic) bond motifs is 1. The number of rotatable bonds is 11. The van der Waals surface area contributed by atoms with Crippen molar-refractivity contribution in [1.82, 2.24) is 10.2 Å². The van der Waals surface area contributed by atoms with Gasteiger partial charge in [-0.15, -0.1) is 0 Å². The molecule has 4 aliphatic rings. The van der Waals surface area contributed by atoms with E-state index >= 15 is 0 Å². The van der Waals surface area contributed by atoms with Gasteiger partial charge < -0.3 is 34.5 Å². The molecule has 3 fully saturated rings. The van der Waals surface area contributed by atoms with Gasteiger partial charge in [0.2, 0.25) is 17.7 Å². The Morgan fingerprint density at radius 2 is 1.78 bits per heavy atom. The third-order valence-electron chi connectivity index (χ3n) is 9.89. The van der Waals surface area contributed by atoms with Gasteiger partial charge in [0.05, 0.1) is 38.8 Å². The van der Waals surface area contributed by atoms with Crippen LogP contribution >= 0.6 is 0 Å². The molecule has 10 nitrogen and oxygen atoms in total. The summed E-state index contributed by atoms with van der Waals surface area (Å²) in [6, 6.07) is 11.9. The molecular formula is C35H43N3O7. The first-order valence-electron chi connectivity index (χ1n) is 16.0. The SMILES string of the molecule is CCOc1ccc(NC(=O)[C@H]2[C@H]3C=C[C@@]4(O3)[C@H]2C(=O)N(CCc2ccc(OC)c(OC)c2)[C@@H]4C(=O)N[C@H]2CCCC[C@H]2C)cc1. The molecule has 1 saturated carbocycles. The van der Waals surface area contributed by atoms with Crippen molar-refractivity contribution in [3.63, 3.8) is 0 Å². The maximum atomic E-state index is 14.4. The van der Waals surface area contributed by atoms with E-state index in [2.05, 4.69) is 17.6 Å². The summed E-state index contributed by atoms with van der Waals surface area (Å²) in [6.07, 6.45) is 7.74. The molecule has 1 aliphatic carbocycles. The standard InChI is InChI=1S/C35H43N3O7/c1-5-44-24-13-11-23(12-14-24)36-32(39)29-27-16-18-35(45-27)30(29)34(41)38(19-17-22-10-15-26(42-3)28(20-22)43-4)31(35)33(40)37-25-9-7-6-8-21(25)2/h10-16,18,20-21,25,27,29-31H,5-9,17,19H2,1-4H3,(H,36,39)(H,37,40)/t21-,25+,27-,29+,30-,31-,35-/m1/s1. The number of nitrogens with zero attached hydrogens (tertiary/aromatic N) is 1. The van der Waals surface area contributed by atoms with Gasteiger partial charge >= 0.3 is 0 Å². The average molecular weight is 618 g/mol. The average Bonchev–Trinajstić information content (AvgIpc) is 3.69. The van der Waals surface area contributed by atoms with Crippen molar-refractivity contribution in [2.24, 2.45) is 17.8 Å². The number of hydrogen-bond acceptors (Lipinski definition) is 7. The van der Waals surface area contributed by atoms with Crippen molar-refractivity contribution < 1.29 is 33.3 Å². The number of benzene rings is 2. The van der Waals surface area contributed by atoms with E-state index in [0.29, 0.717) is 41.9 Å². The molecule has 45 heavy (non-hydrogen) atoms. The predicted molar refractivity (Wildman–Crippen MR) is 168 cm³/mol. The second-order valence-electron chi connectivity index (χ2n) is 12.5. The van der Waals surface area contributed by atoms with Gasteiger partial charge in [0, 0.05) is 18.3 Å². The van der Waals surface area contributed by atoms with Crippen molar-refractivity contribution in [2.45, 2.75) is 69.7 Å². The molecule has 3 aliphatic heterocycles. The van der Waals surface area contributed by atoms with Gasteiger partial charge in [-0.25, -0.2) is 0 Å². The van der Waals surface area contributed by atoms with Crippen molar-refractivity contribution in [1.29, 1.82) is 0 Å². The van der Waals surface area contributed by atoms with Crippen LogP contribution in [0.4, 0.5) is 5.69 Å². The van der Waals surface area contributed by atoms with Crippen LogP contribution in [0.5, 0.6) is 17.2 Å². The summed E-state index contributed by atoms with van der Waals surface area (Å²) in [5.74, 6) is -0.117. The minimum Gasteiger partial charge on any atom is -0.494 e. The van der Waals surface area contributed by atoms with Gasteiger partial charge in [-0.05, 0) is 74.1 Å². The van der Waals surface area contributed by atoms with Crippen LogP contribution in [0, 0.1) is 17.8 Å². The lowest BCUT2D eigenvalue weighted by atomic mass is 9.74. The van der Waals surface area contributed by atoms with Crippen molar-refractivity contribution in [3.05, 3.63) is 60.2 Å². The van der Waals surface area contributed by atoms with Gasteiger partial charge in [-0.2, -0.15) is 0 Å². The van der Waals surface area contributed by atoms with E-state index in [-0.39, 0.29) is 30.3 Å². The minimum atomic E-state index is -1.22. The summed E-state index contributed by atoms with van der Waals surface area (Å²) < 4.78 is 22.9. The third kappa shape index (κ3) is 5.65. The van der Waals surface area contributed by atoms with Crippen LogP contribution in [0.15, 0.2) is 54.6 Å². The highest BCUT2D eigenvalue weighted by atomic mass is 16.5. The number of hydrogen-bond donors (Lipinski definition) is 2. The second kappa shape index (κ2) is 12.7. The first kappa shape index (κ1) is 31.0. The molecule has 2 aromatic rings. The Labute approximate surface area is 264 Å². The maximum Gasteiger partial charge on any atom is 0.246 e. The molecule has 10 heteroatoms. The zero-order chi connectivity index (χ0) is 31.7. The van der Waals surface area contributed by atoms with Crippen LogP contribution in [0.25, 0.3) is 0 Å². The molecule has 6 rings (SSSR count). The number of amides is 3. The topological polar surface area (TPSA) is 115 Å². The fourth-order valence-electron chi connectivity index (χ4n) is 7.61. The van der Waals surface area contributed by atoms with Crippen molar-refractivity contribution >= 4 is 23.4 Å². The molecular weight excluding hydrogens is 574 g/mol. The number of ether oxygens (including phenoxy) is 4. The summed E-state index contributed by atoms with van der Waals surface area (Å²) in [4.78, 5) is 44.0. The summed E-state index contributed by atoms with van der Waals surface area (Å²) in [6.45, 7) is 4.90.